The van der Waals surface area contributed by atoms with Gasteiger partial charge in [-0.2, -0.15) is 0 Å². The predicted octanol–water partition coefficient (Wildman–Crippen LogP) is 4.24. The first-order valence-electron chi connectivity index (χ1n) is 9.77. The minimum atomic E-state index is -0.00577. The largest absolute Gasteiger partial charge is 0.378 e. The third kappa shape index (κ3) is 5.94. The fourth-order valence-corrected chi connectivity index (χ4v) is 4.78. The number of ether oxygens (including phenoxy) is 1. The highest BCUT2D eigenvalue weighted by atomic mass is 32.2. The van der Waals surface area contributed by atoms with Crippen LogP contribution in [0.3, 0.4) is 0 Å². The van der Waals surface area contributed by atoms with Crippen LogP contribution in [-0.4, -0.2) is 48.2 Å². The van der Waals surface area contributed by atoms with Gasteiger partial charge in [-0.25, -0.2) is 0 Å². The third-order valence-electron chi connectivity index (χ3n) is 4.51. The second kappa shape index (κ2) is 10.4. The summed E-state index contributed by atoms with van der Waals surface area (Å²) in [6.07, 6.45) is 0.414. The van der Waals surface area contributed by atoms with E-state index in [1.165, 1.54) is 23.1 Å². The van der Waals surface area contributed by atoms with Crippen LogP contribution in [0.1, 0.15) is 6.42 Å². The smallest absolute Gasteiger partial charge is 0.225 e. The zero-order valence-electron chi connectivity index (χ0n) is 16.4. The van der Waals surface area contributed by atoms with Gasteiger partial charge >= 0.3 is 0 Å². The van der Waals surface area contributed by atoms with Crippen LogP contribution in [0.25, 0.3) is 0 Å². The summed E-state index contributed by atoms with van der Waals surface area (Å²) in [7, 11) is 0. The van der Waals surface area contributed by atoms with E-state index >= 15 is 0 Å². The highest BCUT2D eigenvalue weighted by Crippen LogP contribution is 2.28. The van der Waals surface area contributed by atoms with E-state index in [1.807, 2.05) is 54.6 Å². The van der Waals surface area contributed by atoms with Crippen molar-refractivity contribution in [2.24, 2.45) is 0 Å². The molecule has 0 bridgehead atoms. The van der Waals surface area contributed by atoms with E-state index in [9.17, 15) is 4.79 Å². The zero-order valence-corrected chi connectivity index (χ0v) is 18.0. The molecule has 1 aliphatic rings. The molecule has 1 aliphatic heterocycles. The van der Waals surface area contributed by atoms with E-state index < -0.39 is 0 Å². The molecule has 2 aromatic carbocycles. The lowest BCUT2D eigenvalue weighted by atomic mass is 10.2. The summed E-state index contributed by atoms with van der Waals surface area (Å²) < 4.78 is 6.23. The third-order valence-corrected chi connectivity index (χ3v) is 6.49. The number of rotatable bonds is 8. The maximum atomic E-state index is 12.2. The number of thioether (sulfide) groups is 1. The lowest BCUT2D eigenvalue weighted by Gasteiger charge is -2.28. The van der Waals surface area contributed by atoms with Gasteiger partial charge in [0.1, 0.15) is 0 Å². The van der Waals surface area contributed by atoms with Crippen LogP contribution in [-0.2, 0) is 9.53 Å². The van der Waals surface area contributed by atoms with Crippen LogP contribution in [0.4, 0.5) is 22.2 Å². The molecule has 1 aromatic heterocycles. The monoisotopic (exact) mass is 441 g/mol. The molecule has 0 unspecified atom stereocenters. The number of hydrogen-bond donors (Lipinski definition) is 2. The van der Waals surface area contributed by atoms with E-state index in [-0.39, 0.29) is 5.91 Å². The van der Waals surface area contributed by atoms with Crippen molar-refractivity contribution in [1.82, 2.24) is 10.2 Å². The minimum Gasteiger partial charge on any atom is -0.378 e. The molecule has 1 saturated heterocycles. The maximum absolute atomic E-state index is 12.2. The molecule has 0 aliphatic carbocycles. The second-order valence-electron chi connectivity index (χ2n) is 6.66. The van der Waals surface area contributed by atoms with Crippen LogP contribution >= 0.6 is 23.1 Å². The predicted molar refractivity (Wildman–Crippen MR) is 123 cm³/mol. The number of nitrogens with one attached hydrogen (secondary N) is 2. The summed E-state index contributed by atoms with van der Waals surface area (Å²) >= 11 is 3.02. The number of hydrogen-bond acceptors (Lipinski definition) is 8. The summed E-state index contributed by atoms with van der Waals surface area (Å²) in [5, 5.41) is 15.2. The van der Waals surface area contributed by atoms with Crippen molar-refractivity contribution in [3.8, 4) is 0 Å². The number of amides is 1. The van der Waals surface area contributed by atoms with Crippen molar-refractivity contribution in [3.05, 3.63) is 54.6 Å². The Morgan fingerprint density at radius 2 is 1.80 bits per heavy atom. The van der Waals surface area contributed by atoms with Crippen molar-refractivity contribution in [1.29, 1.82) is 0 Å². The normalized spacial score (nSPS) is 13.8. The molecule has 3 aromatic rings. The van der Waals surface area contributed by atoms with Gasteiger partial charge in [0.25, 0.3) is 0 Å². The van der Waals surface area contributed by atoms with Gasteiger partial charge in [-0.3, -0.25) is 4.79 Å². The molecule has 7 nitrogen and oxygen atoms in total. The van der Waals surface area contributed by atoms with Crippen LogP contribution in [0.5, 0.6) is 0 Å². The quantitative estimate of drug-likeness (QED) is 0.506. The van der Waals surface area contributed by atoms with Gasteiger partial charge in [0.15, 0.2) is 4.34 Å². The minimum absolute atomic E-state index is 0.00577. The molecule has 0 spiro atoms. The van der Waals surface area contributed by atoms with Gasteiger partial charge in [0.05, 0.1) is 13.2 Å². The Bertz CT molecular complexity index is 944. The van der Waals surface area contributed by atoms with Gasteiger partial charge in [0.2, 0.25) is 11.0 Å². The Morgan fingerprint density at radius 3 is 2.57 bits per heavy atom. The lowest BCUT2D eigenvalue weighted by molar-refractivity contribution is -0.115. The van der Waals surface area contributed by atoms with Gasteiger partial charge in [-0.15, -0.1) is 10.2 Å². The number of carbonyl (C=O) groups is 1. The SMILES string of the molecule is O=C(CCSc1nnc(Nc2ccccc2)s1)Nc1ccc(N2CCOCC2)cc1. The van der Waals surface area contributed by atoms with E-state index in [2.05, 4.69) is 25.7 Å². The molecule has 0 atom stereocenters. The van der Waals surface area contributed by atoms with E-state index in [1.54, 1.807) is 0 Å². The highest BCUT2D eigenvalue weighted by molar-refractivity contribution is 8.01. The number of benzene rings is 2. The van der Waals surface area contributed by atoms with Crippen molar-refractivity contribution < 1.29 is 9.53 Å². The Balaban J connectivity index is 1.20. The molecular formula is C21H23N5O2S2. The van der Waals surface area contributed by atoms with Gasteiger partial charge in [-0.05, 0) is 36.4 Å². The standard InChI is InChI=1S/C21H23N5O2S2/c27-19(22-17-6-8-18(9-7-17)26-11-13-28-14-12-26)10-15-29-21-25-24-20(30-21)23-16-4-2-1-3-5-16/h1-9H,10-15H2,(H,22,27)(H,23,24). The zero-order chi connectivity index (χ0) is 20.6. The Kier molecular flexibility index (Phi) is 7.17. The molecule has 0 radical (unpaired) electrons. The topological polar surface area (TPSA) is 79.4 Å². The van der Waals surface area contributed by atoms with E-state index in [0.717, 1.165) is 52.8 Å². The molecule has 9 heteroatoms. The number of carbonyl (C=O) groups excluding carboxylic acids is 1. The lowest BCUT2D eigenvalue weighted by Crippen LogP contribution is -2.36. The molecule has 30 heavy (non-hydrogen) atoms. The fraction of sp³-hybridized carbons (Fsp3) is 0.286. The summed E-state index contributed by atoms with van der Waals surface area (Å²) in [6, 6.07) is 17.8. The molecular weight excluding hydrogens is 418 g/mol. The number of nitrogens with zero attached hydrogens (tertiary/aromatic N) is 3. The van der Waals surface area contributed by atoms with Crippen molar-refractivity contribution >= 4 is 51.2 Å². The fourth-order valence-electron chi connectivity index (χ4n) is 3.00. The van der Waals surface area contributed by atoms with Crippen LogP contribution in [0.15, 0.2) is 58.9 Å². The maximum Gasteiger partial charge on any atom is 0.225 e. The summed E-state index contributed by atoms with van der Waals surface area (Å²) in [5.74, 6) is 0.645. The van der Waals surface area contributed by atoms with Crippen LogP contribution in [0, 0.1) is 0 Å². The molecule has 1 fully saturated rings. The highest BCUT2D eigenvalue weighted by Gasteiger charge is 2.11. The first kappa shape index (κ1) is 20.6. The van der Waals surface area contributed by atoms with Crippen LogP contribution in [0.2, 0.25) is 0 Å². The van der Waals surface area contributed by atoms with Gasteiger partial charge in [-0.1, -0.05) is 41.3 Å². The average molecular weight is 442 g/mol. The van der Waals surface area contributed by atoms with Gasteiger partial charge < -0.3 is 20.3 Å². The first-order chi connectivity index (χ1) is 14.8. The van der Waals surface area contributed by atoms with Crippen molar-refractivity contribution in [3.63, 3.8) is 0 Å². The number of morpholine rings is 1. The van der Waals surface area contributed by atoms with Crippen molar-refractivity contribution in [2.45, 2.75) is 10.8 Å². The van der Waals surface area contributed by atoms with Crippen LogP contribution < -0.4 is 15.5 Å². The first-order valence-corrected chi connectivity index (χ1v) is 11.6. The average Bonchev–Trinajstić information content (AvgIpc) is 3.23. The van der Waals surface area contributed by atoms with E-state index in [0.29, 0.717) is 12.2 Å². The molecule has 4 rings (SSSR count). The Hall–Kier alpha value is -2.62. The molecule has 156 valence electrons. The number of anilines is 4. The number of para-hydroxylation sites is 1. The summed E-state index contributed by atoms with van der Waals surface area (Å²) in [6.45, 7) is 3.32. The summed E-state index contributed by atoms with van der Waals surface area (Å²) in [5.41, 5.74) is 2.94. The molecule has 2 N–H and O–H groups in total. The van der Waals surface area contributed by atoms with E-state index in [4.69, 9.17) is 4.74 Å². The number of aromatic nitrogens is 2. The van der Waals surface area contributed by atoms with Crippen molar-refractivity contribution in [2.75, 3.05) is 47.6 Å². The molecule has 1 amide bonds. The van der Waals surface area contributed by atoms with Gasteiger partial charge in [0, 0.05) is 42.3 Å². The molecule has 2 heterocycles. The molecule has 0 saturated carbocycles. The second-order valence-corrected chi connectivity index (χ2v) is 8.98. The Morgan fingerprint density at radius 1 is 1.03 bits per heavy atom. The Labute approximate surface area is 183 Å². The summed E-state index contributed by atoms with van der Waals surface area (Å²) in [4.78, 5) is 14.5.